The highest BCUT2D eigenvalue weighted by Gasteiger charge is 2.34. The van der Waals surface area contributed by atoms with Gasteiger partial charge < -0.3 is 10.6 Å². The molecule has 0 bridgehead atoms. The lowest BCUT2D eigenvalue weighted by Gasteiger charge is -2.20. The number of aryl methyl sites for hydroxylation is 3. The number of nitrogens with one attached hydrogen (secondary N) is 2. The minimum Gasteiger partial charge on any atom is -0.311 e. The lowest BCUT2D eigenvalue weighted by molar-refractivity contribution is -0.116. The Balaban J connectivity index is 1.69. The number of amides is 1. The Hall–Kier alpha value is -2.74. The van der Waals surface area contributed by atoms with E-state index in [1.807, 2.05) is 24.4 Å². The molecule has 0 fully saturated rings. The van der Waals surface area contributed by atoms with Crippen molar-refractivity contribution < 1.29 is 4.79 Å². The Labute approximate surface area is 150 Å². The smallest absolute Gasteiger partial charge is 0.226 e. The average Bonchev–Trinajstić information content (AvgIpc) is 3.09. The topological polar surface area (TPSA) is 89.1 Å². The van der Waals surface area contributed by atoms with Gasteiger partial charge in [-0.15, -0.1) is 5.10 Å². The molecule has 3 aromatic heterocycles. The normalized spacial score (nSPS) is 19.8. The van der Waals surface area contributed by atoms with E-state index in [-0.39, 0.29) is 11.8 Å². The van der Waals surface area contributed by atoms with Gasteiger partial charge in [0.05, 0.1) is 17.0 Å². The number of carbonyl (C=O) groups excluding carboxylic acids is 1. The van der Waals surface area contributed by atoms with Crippen LogP contribution in [0.1, 0.15) is 47.1 Å². The SMILES string of the molecule is Cc1cc(C)n2nc3c(c2n1)C(c1cc2n(n1)CCCNC2)CC(=O)N3. The first-order valence-corrected chi connectivity index (χ1v) is 9.04. The molecule has 8 heteroatoms. The van der Waals surface area contributed by atoms with Gasteiger partial charge in [0.1, 0.15) is 0 Å². The van der Waals surface area contributed by atoms with E-state index in [9.17, 15) is 4.79 Å². The lowest BCUT2D eigenvalue weighted by atomic mass is 9.90. The standard InChI is InChI=1S/C18H21N7O/c1-10-6-11(2)25-18(20-10)16-13(8-15(26)21-17(16)23-25)14-7-12-9-19-4-3-5-24(12)22-14/h6-7,13,19H,3-5,8-9H2,1-2H3,(H,21,23,26). The summed E-state index contributed by atoms with van der Waals surface area (Å²) in [6.07, 6.45) is 1.42. The first kappa shape index (κ1) is 15.5. The van der Waals surface area contributed by atoms with Crippen molar-refractivity contribution in [3.05, 3.63) is 40.5 Å². The number of hydrogen-bond acceptors (Lipinski definition) is 5. The van der Waals surface area contributed by atoms with Crippen molar-refractivity contribution in [2.75, 3.05) is 11.9 Å². The minimum absolute atomic E-state index is 0.0263. The van der Waals surface area contributed by atoms with Crippen LogP contribution in [0.25, 0.3) is 5.65 Å². The van der Waals surface area contributed by atoms with Crippen LogP contribution in [0.5, 0.6) is 0 Å². The first-order chi connectivity index (χ1) is 12.6. The maximum Gasteiger partial charge on any atom is 0.226 e. The van der Waals surface area contributed by atoms with Gasteiger partial charge in [0.2, 0.25) is 5.91 Å². The zero-order valence-electron chi connectivity index (χ0n) is 14.9. The van der Waals surface area contributed by atoms with E-state index in [2.05, 4.69) is 26.5 Å². The van der Waals surface area contributed by atoms with Crippen LogP contribution in [-0.2, 0) is 17.9 Å². The van der Waals surface area contributed by atoms with Gasteiger partial charge >= 0.3 is 0 Å². The number of hydrogen-bond donors (Lipinski definition) is 2. The Morgan fingerprint density at radius 1 is 1.23 bits per heavy atom. The molecule has 5 rings (SSSR count). The number of rotatable bonds is 1. The maximum absolute atomic E-state index is 12.3. The van der Waals surface area contributed by atoms with Crippen LogP contribution in [0, 0.1) is 13.8 Å². The molecular formula is C18H21N7O. The van der Waals surface area contributed by atoms with Crippen LogP contribution in [0.3, 0.4) is 0 Å². The molecule has 3 aromatic rings. The fourth-order valence-electron chi connectivity index (χ4n) is 4.03. The van der Waals surface area contributed by atoms with Crippen LogP contribution >= 0.6 is 0 Å². The zero-order chi connectivity index (χ0) is 17.8. The van der Waals surface area contributed by atoms with Crippen molar-refractivity contribution in [3.8, 4) is 0 Å². The maximum atomic E-state index is 12.3. The molecule has 0 radical (unpaired) electrons. The van der Waals surface area contributed by atoms with E-state index in [1.54, 1.807) is 0 Å². The first-order valence-electron chi connectivity index (χ1n) is 9.04. The summed E-state index contributed by atoms with van der Waals surface area (Å²) in [5, 5.41) is 15.8. The molecule has 26 heavy (non-hydrogen) atoms. The molecule has 1 amide bonds. The fraction of sp³-hybridized carbons (Fsp3) is 0.444. The van der Waals surface area contributed by atoms with Gasteiger partial charge in [-0.1, -0.05) is 0 Å². The third-order valence-corrected chi connectivity index (χ3v) is 5.20. The van der Waals surface area contributed by atoms with Gasteiger partial charge in [-0.25, -0.2) is 9.50 Å². The average molecular weight is 351 g/mol. The van der Waals surface area contributed by atoms with E-state index in [4.69, 9.17) is 10.1 Å². The van der Waals surface area contributed by atoms with Crippen molar-refractivity contribution in [1.82, 2.24) is 29.7 Å². The zero-order valence-corrected chi connectivity index (χ0v) is 14.9. The summed E-state index contributed by atoms with van der Waals surface area (Å²) in [6, 6.07) is 4.12. The van der Waals surface area contributed by atoms with E-state index in [1.165, 1.54) is 5.69 Å². The van der Waals surface area contributed by atoms with Gasteiger partial charge in [0.25, 0.3) is 0 Å². The molecular weight excluding hydrogens is 330 g/mol. The molecule has 0 saturated carbocycles. The molecule has 1 atom stereocenters. The van der Waals surface area contributed by atoms with Crippen LogP contribution in [0.15, 0.2) is 12.1 Å². The summed E-state index contributed by atoms with van der Waals surface area (Å²) >= 11 is 0. The summed E-state index contributed by atoms with van der Waals surface area (Å²) in [6.45, 7) is 6.70. The Morgan fingerprint density at radius 2 is 2.12 bits per heavy atom. The van der Waals surface area contributed by atoms with E-state index in [0.717, 1.165) is 54.3 Å². The predicted octanol–water partition coefficient (Wildman–Crippen LogP) is 1.51. The number of carbonyl (C=O) groups is 1. The Bertz CT molecular complexity index is 1010. The highest BCUT2D eigenvalue weighted by molar-refractivity contribution is 5.95. The second kappa shape index (κ2) is 5.63. The summed E-state index contributed by atoms with van der Waals surface area (Å²) in [4.78, 5) is 17.0. The van der Waals surface area contributed by atoms with Gasteiger partial charge in [0, 0.05) is 36.8 Å². The second-order valence-electron chi connectivity index (χ2n) is 7.16. The highest BCUT2D eigenvalue weighted by Crippen LogP contribution is 2.39. The summed E-state index contributed by atoms with van der Waals surface area (Å²) in [7, 11) is 0. The van der Waals surface area contributed by atoms with E-state index < -0.39 is 0 Å². The molecule has 0 saturated heterocycles. The molecule has 0 aromatic carbocycles. The van der Waals surface area contributed by atoms with Crippen molar-refractivity contribution >= 4 is 17.4 Å². The number of aromatic nitrogens is 5. The highest BCUT2D eigenvalue weighted by atomic mass is 16.1. The number of fused-ring (bicyclic) bond motifs is 4. The molecule has 8 nitrogen and oxygen atoms in total. The van der Waals surface area contributed by atoms with Crippen molar-refractivity contribution in [3.63, 3.8) is 0 Å². The molecule has 5 heterocycles. The van der Waals surface area contributed by atoms with Crippen LogP contribution in [-0.4, -0.2) is 36.8 Å². The molecule has 134 valence electrons. The molecule has 2 N–H and O–H groups in total. The van der Waals surface area contributed by atoms with Crippen LogP contribution < -0.4 is 10.6 Å². The summed E-state index contributed by atoms with van der Waals surface area (Å²) in [5.74, 6) is 0.458. The van der Waals surface area contributed by atoms with Gasteiger partial charge in [-0.05, 0) is 38.9 Å². The molecule has 2 aliphatic rings. The van der Waals surface area contributed by atoms with Crippen molar-refractivity contribution in [2.24, 2.45) is 0 Å². The van der Waals surface area contributed by atoms with Crippen molar-refractivity contribution in [1.29, 1.82) is 0 Å². The van der Waals surface area contributed by atoms with E-state index >= 15 is 0 Å². The minimum atomic E-state index is -0.121. The van der Waals surface area contributed by atoms with E-state index in [0.29, 0.717) is 12.2 Å². The van der Waals surface area contributed by atoms with Crippen LogP contribution in [0.2, 0.25) is 0 Å². The number of nitrogens with zero attached hydrogens (tertiary/aromatic N) is 5. The van der Waals surface area contributed by atoms with Crippen molar-refractivity contribution in [2.45, 2.75) is 45.7 Å². The third kappa shape index (κ3) is 2.33. The molecule has 2 aliphatic heterocycles. The van der Waals surface area contributed by atoms with Gasteiger partial charge in [-0.2, -0.15) is 5.10 Å². The molecule has 0 spiro atoms. The summed E-state index contributed by atoms with van der Waals surface area (Å²) < 4.78 is 3.88. The third-order valence-electron chi connectivity index (χ3n) is 5.20. The molecule has 1 unspecified atom stereocenters. The molecule has 0 aliphatic carbocycles. The van der Waals surface area contributed by atoms with Gasteiger partial charge in [0.15, 0.2) is 11.5 Å². The quantitative estimate of drug-likeness (QED) is 0.694. The number of anilines is 1. The van der Waals surface area contributed by atoms with Gasteiger partial charge in [-0.3, -0.25) is 9.48 Å². The van der Waals surface area contributed by atoms with Crippen LogP contribution in [0.4, 0.5) is 5.82 Å². The lowest BCUT2D eigenvalue weighted by Crippen LogP contribution is -2.23. The summed E-state index contributed by atoms with van der Waals surface area (Å²) in [5.41, 5.74) is 5.82. The second-order valence-corrected chi connectivity index (χ2v) is 7.16. The predicted molar refractivity (Wildman–Crippen MR) is 96.1 cm³/mol. The fourth-order valence-corrected chi connectivity index (χ4v) is 4.03. The Morgan fingerprint density at radius 3 is 3.00 bits per heavy atom. The Kier molecular flexibility index (Phi) is 3.36. The monoisotopic (exact) mass is 351 g/mol. The largest absolute Gasteiger partial charge is 0.311 e.